The fourth-order valence-corrected chi connectivity index (χ4v) is 3.67. The maximum atomic E-state index is 11.3. The van der Waals surface area contributed by atoms with E-state index in [1.165, 1.54) is 0 Å². The van der Waals surface area contributed by atoms with Crippen LogP contribution in [0, 0.1) is 0 Å². The van der Waals surface area contributed by atoms with Crippen molar-refractivity contribution in [2.24, 2.45) is 0 Å². The summed E-state index contributed by atoms with van der Waals surface area (Å²) in [5.41, 5.74) is 0.373. The molecule has 104 valence electrons. The van der Waals surface area contributed by atoms with Crippen molar-refractivity contribution < 1.29 is 14.3 Å². The predicted octanol–water partition coefficient (Wildman–Crippen LogP) is 4.86. The molecule has 0 saturated carbocycles. The summed E-state index contributed by atoms with van der Waals surface area (Å²) in [5, 5.41) is 0. The molecule has 1 unspecified atom stereocenters. The highest BCUT2D eigenvalue weighted by Crippen LogP contribution is 2.36. The molecule has 0 N–H and O–H groups in total. The van der Waals surface area contributed by atoms with E-state index in [-0.39, 0.29) is 12.7 Å². The predicted molar refractivity (Wildman–Crippen MR) is 85.4 cm³/mol. The van der Waals surface area contributed by atoms with Gasteiger partial charge in [-0.1, -0.05) is 22.5 Å². The molecule has 0 fully saturated rings. The zero-order chi connectivity index (χ0) is 14.6. The molecule has 1 aromatic carbocycles. The highest BCUT2D eigenvalue weighted by atomic mass is 79.9. The fraction of sp³-hybridized carbons (Fsp3) is 0.308. The number of carbonyl (C=O) groups is 1. The normalized spacial score (nSPS) is 11.8. The number of halogens is 3. The summed E-state index contributed by atoms with van der Waals surface area (Å²) in [5.74, 6) is 0.256. The zero-order valence-electron chi connectivity index (χ0n) is 10.5. The molecule has 0 aliphatic rings. The minimum absolute atomic E-state index is 0.262. The Morgan fingerprint density at radius 3 is 2.32 bits per heavy atom. The molecule has 3 nitrogen and oxygen atoms in total. The molecule has 1 atom stereocenters. The lowest BCUT2D eigenvalue weighted by Gasteiger charge is -2.16. The van der Waals surface area contributed by atoms with Crippen molar-refractivity contribution in [3.8, 4) is 5.75 Å². The Morgan fingerprint density at radius 2 is 1.84 bits per heavy atom. The number of carbonyl (C=O) groups excluding carboxylic acids is 1. The molecule has 0 bridgehead atoms. The van der Waals surface area contributed by atoms with Crippen molar-refractivity contribution in [3.63, 3.8) is 0 Å². The summed E-state index contributed by atoms with van der Waals surface area (Å²) >= 11 is 10.2. The Bertz CT molecular complexity index is 477. The first-order valence-corrected chi connectivity index (χ1v) is 7.83. The van der Waals surface area contributed by atoms with Crippen molar-refractivity contribution in [2.75, 3.05) is 6.61 Å². The van der Waals surface area contributed by atoms with Crippen LogP contribution in [-0.4, -0.2) is 18.7 Å². The van der Waals surface area contributed by atoms with Gasteiger partial charge in [0.05, 0.1) is 8.95 Å². The molecule has 1 rings (SSSR count). The summed E-state index contributed by atoms with van der Waals surface area (Å²) in [4.78, 5) is 11.3. The van der Waals surface area contributed by atoms with E-state index in [2.05, 4.69) is 54.4 Å². The third kappa shape index (κ3) is 5.28. The number of rotatable bonds is 5. The first-order valence-electron chi connectivity index (χ1n) is 5.45. The SMILES string of the molecule is C=C(C)C(=O)OC(C)COc1c(Br)cc(Br)cc1Br. The van der Waals surface area contributed by atoms with E-state index in [4.69, 9.17) is 9.47 Å². The van der Waals surface area contributed by atoms with Gasteiger partial charge in [-0.15, -0.1) is 0 Å². The third-order valence-electron chi connectivity index (χ3n) is 2.08. The van der Waals surface area contributed by atoms with Gasteiger partial charge in [0.15, 0.2) is 0 Å². The second kappa shape index (κ2) is 7.45. The van der Waals surface area contributed by atoms with E-state index < -0.39 is 5.97 Å². The first-order chi connectivity index (χ1) is 8.81. The Morgan fingerprint density at radius 1 is 1.32 bits per heavy atom. The molecule has 19 heavy (non-hydrogen) atoms. The molecule has 0 amide bonds. The maximum Gasteiger partial charge on any atom is 0.333 e. The van der Waals surface area contributed by atoms with Gasteiger partial charge in [-0.05, 0) is 57.8 Å². The molecule has 6 heteroatoms. The van der Waals surface area contributed by atoms with Crippen molar-refractivity contribution in [3.05, 3.63) is 37.7 Å². The van der Waals surface area contributed by atoms with Gasteiger partial charge in [0.25, 0.3) is 0 Å². The van der Waals surface area contributed by atoms with Gasteiger partial charge in [-0.3, -0.25) is 0 Å². The van der Waals surface area contributed by atoms with Crippen LogP contribution in [0.25, 0.3) is 0 Å². The average molecular weight is 457 g/mol. The number of esters is 1. The van der Waals surface area contributed by atoms with Crippen molar-refractivity contribution in [2.45, 2.75) is 20.0 Å². The van der Waals surface area contributed by atoms with Crippen molar-refractivity contribution >= 4 is 53.8 Å². The standard InChI is InChI=1S/C13H13Br3O3/c1-7(2)13(17)19-8(3)6-18-12-10(15)4-9(14)5-11(12)16/h4-5,8H,1,6H2,2-3H3. The van der Waals surface area contributed by atoms with Gasteiger partial charge in [0.1, 0.15) is 18.5 Å². The largest absolute Gasteiger partial charge is 0.487 e. The molecule has 0 aliphatic heterocycles. The van der Waals surface area contributed by atoms with E-state index in [0.29, 0.717) is 11.3 Å². The third-order valence-corrected chi connectivity index (χ3v) is 3.72. The van der Waals surface area contributed by atoms with Gasteiger partial charge in [0.2, 0.25) is 0 Å². The minimum Gasteiger partial charge on any atom is -0.487 e. The quantitative estimate of drug-likeness (QED) is 0.469. The molecule has 0 radical (unpaired) electrons. The van der Waals surface area contributed by atoms with E-state index in [9.17, 15) is 4.79 Å². The lowest BCUT2D eigenvalue weighted by molar-refractivity contribution is -0.144. The second-order valence-corrected chi connectivity index (χ2v) is 6.63. The van der Waals surface area contributed by atoms with E-state index in [0.717, 1.165) is 13.4 Å². The smallest absolute Gasteiger partial charge is 0.333 e. The molecular weight excluding hydrogens is 444 g/mol. The Labute approximate surface area is 137 Å². The molecule has 0 saturated heterocycles. The van der Waals surface area contributed by atoms with Crippen LogP contribution in [0.4, 0.5) is 0 Å². The molecule has 1 aromatic rings. The van der Waals surface area contributed by atoms with E-state index in [1.807, 2.05) is 12.1 Å². The van der Waals surface area contributed by atoms with Crippen molar-refractivity contribution in [1.82, 2.24) is 0 Å². The van der Waals surface area contributed by atoms with Crippen LogP contribution < -0.4 is 4.74 Å². The number of ether oxygens (including phenoxy) is 2. The fourth-order valence-electron chi connectivity index (χ4n) is 1.18. The summed E-state index contributed by atoms with van der Waals surface area (Å²) < 4.78 is 13.3. The molecule has 0 aromatic heterocycles. The monoisotopic (exact) mass is 454 g/mol. The number of benzene rings is 1. The number of hydrogen-bond donors (Lipinski definition) is 0. The van der Waals surface area contributed by atoms with Crippen LogP contribution in [-0.2, 0) is 9.53 Å². The average Bonchev–Trinajstić information content (AvgIpc) is 2.27. The Kier molecular flexibility index (Phi) is 6.56. The van der Waals surface area contributed by atoms with Crippen LogP contribution in [0.3, 0.4) is 0 Å². The van der Waals surface area contributed by atoms with Crippen molar-refractivity contribution in [1.29, 1.82) is 0 Å². The van der Waals surface area contributed by atoms with Crippen LogP contribution in [0.15, 0.2) is 37.7 Å². The van der Waals surface area contributed by atoms with Crippen LogP contribution in [0.5, 0.6) is 5.75 Å². The summed E-state index contributed by atoms with van der Waals surface area (Å²) in [6.45, 7) is 7.16. The lowest BCUT2D eigenvalue weighted by Crippen LogP contribution is -2.22. The van der Waals surface area contributed by atoms with E-state index in [1.54, 1.807) is 13.8 Å². The van der Waals surface area contributed by atoms with Crippen LogP contribution in [0.2, 0.25) is 0 Å². The van der Waals surface area contributed by atoms with Gasteiger partial charge in [0, 0.05) is 10.0 Å². The topological polar surface area (TPSA) is 35.5 Å². The van der Waals surface area contributed by atoms with Gasteiger partial charge in [-0.2, -0.15) is 0 Å². The van der Waals surface area contributed by atoms with Crippen LogP contribution >= 0.6 is 47.8 Å². The number of hydrogen-bond acceptors (Lipinski definition) is 3. The Balaban J connectivity index is 2.62. The van der Waals surface area contributed by atoms with Crippen LogP contribution in [0.1, 0.15) is 13.8 Å². The second-order valence-electron chi connectivity index (χ2n) is 4.01. The summed E-state index contributed by atoms with van der Waals surface area (Å²) in [6, 6.07) is 3.76. The first kappa shape index (κ1) is 16.7. The zero-order valence-corrected chi connectivity index (χ0v) is 15.3. The molecule has 0 heterocycles. The Hall–Kier alpha value is -0.330. The molecule has 0 aliphatic carbocycles. The summed E-state index contributed by atoms with van der Waals surface area (Å²) in [7, 11) is 0. The van der Waals surface area contributed by atoms with Gasteiger partial charge in [-0.25, -0.2) is 4.79 Å². The van der Waals surface area contributed by atoms with Gasteiger partial charge < -0.3 is 9.47 Å². The molecular formula is C13H13Br3O3. The minimum atomic E-state index is -0.412. The maximum absolute atomic E-state index is 11.3. The van der Waals surface area contributed by atoms with E-state index >= 15 is 0 Å². The highest BCUT2D eigenvalue weighted by Gasteiger charge is 2.13. The highest BCUT2D eigenvalue weighted by molar-refractivity contribution is 9.11. The molecule has 0 spiro atoms. The summed E-state index contributed by atoms with van der Waals surface area (Å²) in [6.07, 6.45) is -0.355. The lowest BCUT2D eigenvalue weighted by atomic mass is 10.3. The van der Waals surface area contributed by atoms with Gasteiger partial charge >= 0.3 is 5.97 Å².